The SMILES string of the molecule is [CH2-][NH+]1CCC(N2CCN(C(=O)OC(C)(C)C)CC2)CC1. The minimum atomic E-state index is -0.405. The highest BCUT2D eigenvalue weighted by Gasteiger charge is 2.30. The van der Waals surface area contributed by atoms with Crippen LogP contribution in [0.5, 0.6) is 0 Å². The number of likely N-dealkylation sites (tertiary alicyclic amines) is 1. The zero-order valence-corrected chi connectivity index (χ0v) is 13.2. The number of hydrogen-bond donors (Lipinski definition) is 1. The molecule has 2 aliphatic heterocycles. The molecule has 5 nitrogen and oxygen atoms in total. The van der Waals surface area contributed by atoms with Crippen LogP contribution in [0.25, 0.3) is 0 Å². The highest BCUT2D eigenvalue weighted by molar-refractivity contribution is 5.68. The highest BCUT2D eigenvalue weighted by Crippen LogP contribution is 2.15. The number of carbonyl (C=O) groups is 1. The molecule has 0 spiro atoms. The van der Waals surface area contributed by atoms with Crippen molar-refractivity contribution in [1.29, 1.82) is 0 Å². The zero-order chi connectivity index (χ0) is 14.8. The van der Waals surface area contributed by atoms with Crippen molar-refractivity contribution in [2.45, 2.75) is 45.3 Å². The Bertz CT molecular complexity index is 325. The van der Waals surface area contributed by atoms with Gasteiger partial charge in [0.1, 0.15) is 5.60 Å². The molecule has 1 amide bonds. The fourth-order valence-corrected chi connectivity index (χ4v) is 2.97. The third kappa shape index (κ3) is 4.35. The van der Waals surface area contributed by atoms with Crippen LogP contribution in [0.4, 0.5) is 4.79 Å². The quantitative estimate of drug-likeness (QED) is 0.707. The Balaban J connectivity index is 1.76. The number of carbonyl (C=O) groups excluding carboxylic acids is 1. The van der Waals surface area contributed by atoms with E-state index in [0.29, 0.717) is 6.04 Å². The third-order valence-electron chi connectivity index (χ3n) is 4.14. The average molecular weight is 283 g/mol. The van der Waals surface area contributed by atoms with Crippen LogP contribution >= 0.6 is 0 Å². The largest absolute Gasteiger partial charge is 0.468 e. The van der Waals surface area contributed by atoms with Gasteiger partial charge in [0.2, 0.25) is 0 Å². The minimum absolute atomic E-state index is 0.172. The lowest BCUT2D eigenvalue weighted by molar-refractivity contribution is -0.859. The van der Waals surface area contributed by atoms with Gasteiger partial charge in [-0.05, 0) is 20.8 Å². The fraction of sp³-hybridized carbons (Fsp3) is 0.867. The molecule has 20 heavy (non-hydrogen) atoms. The second-order valence-electron chi connectivity index (χ2n) is 6.98. The number of quaternary nitrogens is 1. The van der Waals surface area contributed by atoms with Gasteiger partial charge in [0.05, 0.1) is 13.1 Å². The summed E-state index contributed by atoms with van der Waals surface area (Å²) in [5, 5.41) is 0. The number of rotatable bonds is 1. The lowest BCUT2D eigenvalue weighted by atomic mass is 10.0. The van der Waals surface area contributed by atoms with Crippen LogP contribution < -0.4 is 4.90 Å². The maximum Gasteiger partial charge on any atom is 0.410 e. The van der Waals surface area contributed by atoms with Gasteiger partial charge in [-0.3, -0.25) is 4.90 Å². The molecule has 5 heteroatoms. The molecule has 0 unspecified atom stereocenters. The molecule has 0 saturated carbocycles. The van der Waals surface area contributed by atoms with Crippen molar-refractivity contribution >= 4 is 6.09 Å². The molecule has 2 fully saturated rings. The van der Waals surface area contributed by atoms with E-state index in [1.165, 1.54) is 17.7 Å². The van der Waals surface area contributed by atoms with Gasteiger partial charge >= 0.3 is 6.09 Å². The van der Waals surface area contributed by atoms with Gasteiger partial charge in [-0.2, -0.15) is 7.05 Å². The topological polar surface area (TPSA) is 37.2 Å². The van der Waals surface area contributed by atoms with Crippen LogP contribution in [0.2, 0.25) is 0 Å². The van der Waals surface area contributed by atoms with E-state index >= 15 is 0 Å². The Morgan fingerprint density at radius 3 is 2.20 bits per heavy atom. The Morgan fingerprint density at radius 2 is 1.70 bits per heavy atom. The van der Waals surface area contributed by atoms with Crippen LogP contribution in [-0.4, -0.2) is 66.8 Å². The molecule has 0 radical (unpaired) electrons. The third-order valence-corrected chi connectivity index (χ3v) is 4.14. The maximum atomic E-state index is 12.0. The summed E-state index contributed by atoms with van der Waals surface area (Å²) in [6, 6.07) is 0.682. The van der Waals surface area contributed by atoms with Crippen molar-refractivity contribution in [3.63, 3.8) is 0 Å². The highest BCUT2D eigenvalue weighted by atomic mass is 16.6. The van der Waals surface area contributed by atoms with Crippen molar-refractivity contribution in [1.82, 2.24) is 9.80 Å². The van der Waals surface area contributed by atoms with Crippen LogP contribution in [0.15, 0.2) is 0 Å². The molecule has 2 heterocycles. The van der Waals surface area contributed by atoms with Gasteiger partial charge in [-0.15, -0.1) is 0 Å². The summed E-state index contributed by atoms with van der Waals surface area (Å²) in [6.45, 7) is 11.6. The first kappa shape index (κ1) is 15.6. The van der Waals surface area contributed by atoms with Crippen molar-refractivity contribution in [2.24, 2.45) is 0 Å². The Kier molecular flexibility index (Phi) is 4.91. The van der Waals surface area contributed by atoms with Crippen LogP contribution in [0.3, 0.4) is 0 Å². The normalized spacial score (nSPS) is 29.3. The zero-order valence-electron chi connectivity index (χ0n) is 13.2. The molecule has 0 atom stereocenters. The number of nitrogens with one attached hydrogen (secondary N) is 1. The summed E-state index contributed by atoms with van der Waals surface area (Å²) in [7, 11) is 4.08. The second kappa shape index (κ2) is 6.31. The van der Waals surface area contributed by atoms with E-state index in [4.69, 9.17) is 4.74 Å². The Hall–Kier alpha value is -0.810. The van der Waals surface area contributed by atoms with E-state index in [0.717, 1.165) is 39.3 Å². The predicted molar refractivity (Wildman–Crippen MR) is 78.5 cm³/mol. The first-order valence-corrected chi connectivity index (χ1v) is 7.74. The molecular formula is C15H29N3O2. The second-order valence-corrected chi connectivity index (χ2v) is 6.98. The molecule has 0 aromatic carbocycles. The number of hydrogen-bond acceptors (Lipinski definition) is 3. The van der Waals surface area contributed by atoms with Crippen molar-refractivity contribution in [2.75, 3.05) is 39.3 Å². The van der Waals surface area contributed by atoms with E-state index < -0.39 is 5.60 Å². The number of piperidine rings is 1. The van der Waals surface area contributed by atoms with E-state index in [1.807, 2.05) is 25.7 Å². The van der Waals surface area contributed by atoms with Gasteiger partial charge in [0.25, 0.3) is 0 Å². The van der Waals surface area contributed by atoms with Gasteiger partial charge in [0, 0.05) is 45.1 Å². The fourth-order valence-electron chi connectivity index (χ4n) is 2.97. The molecule has 116 valence electrons. The standard InChI is InChI=1S/C15H29N3O2/c1-15(2,3)20-14(19)18-11-9-17(10-12-18)13-5-7-16(4)8-6-13/h13,16H,4-12H2,1-3H3. The molecular weight excluding hydrogens is 254 g/mol. The van der Waals surface area contributed by atoms with Crippen LogP contribution in [0.1, 0.15) is 33.6 Å². The molecule has 0 aliphatic carbocycles. The smallest absolute Gasteiger partial charge is 0.410 e. The number of piperazine rings is 1. The minimum Gasteiger partial charge on any atom is -0.468 e. The van der Waals surface area contributed by atoms with E-state index in [9.17, 15) is 4.79 Å². The predicted octanol–water partition coefficient (Wildman–Crippen LogP) is 0.378. The van der Waals surface area contributed by atoms with Gasteiger partial charge in [-0.1, -0.05) is 0 Å². The van der Waals surface area contributed by atoms with E-state index in [-0.39, 0.29) is 6.09 Å². The van der Waals surface area contributed by atoms with Gasteiger partial charge in [-0.25, -0.2) is 4.79 Å². The van der Waals surface area contributed by atoms with Gasteiger partial charge < -0.3 is 14.5 Å². The molecule has 2 saturated heterocycles. The number of nitrogens with zero attached hydrogens (tertiary/aromatic N) is 2. The monoisotopic (exact) mass is 283 g/mol. The first-order chi connectivity index (χ1) is 9.35. The summed E-state index contributed by atoms with van der Waals surface area (Å²) in [6.07, 6.45) is 2.28. The summed E-state index contributed by atoms with van der Waals surface area (Å²) < 4.78 is 5.43. The van der Waals surface area contributed by atoms with Crippen LogP contribution in [-0.2, 0) is 4.74 Å². The molecule has 0 bridgehead atoms. The lowest BCUT2D eigenvalue weighted by Gasteiger charge is -2.42. The van der Waals surface area contributed by atoms with Crippen molar-refractivity contribution < 1.29 is 14.4 Å². The van der Waals surface area contributed by atoms with E-state index in [2.05, 4.69) is 11.9 Å². The molecule has 2 aliphatic rings. The van der Waals surface area contributed by atoms with Crippen molar-refractivity contribution in [3.05, 3.63) is 7.05 Å². The molecule has 0 aromatic rings. The Labute approximate surface area is 122 Å². The average Bonchev–Trinajstić information content (AvgIpc) is 2.38. The summed E-state index contributed by atoms with van der Waals surface area (Å²) in [5.41, 5.74) is -0.405. The Morgan fingerprint density at radius 1 is 1.15 bits per heavy atom. The van der Waals surface area contributed by atoms with Gasteiger partial charge in [0.15, 0.2) is 0 Å². The number of ether oxygens (including phenoxy) is 1. The number of amides is 1. The maximum absolute atomic E-state index is 12.0. The summed E-state index contributed by atoms with van der Waals surface area (Å²) in [5.74, 6) is 0. The first-order valence-electron chi connectivity index (χ1n) is 7.74. The van der Waals surface area contributed by atoms with Crippen molar-refractivity contribution in [3.8, 4) is 0 Å². The van der Waals surface area contributed by atoms with E-state index in [1.54, 1.807) is 0 Å². The molecule has 1 N–H and O–H groups in total. The molecule has 0 aromatic heterocycles. The lowest BCUT2D eigenvalue weighted by Crippen LogP contribution is -3.08. The summed E-state index contributed by atoms with van der Waals surface area (Å²) in [4.78, 5) is 17.8. The summed E-state index contributed by atoms with van der Waals surface area (Å²) >= 11 is 0. The van der Waals surface area contributed by atoms with Crippen LogP contribution in [0, 0.1) is 7.05 Å². The molecule has 2 rings (SSSR count).